The first-order valence-electron chi connectivity index (χ1n) is 27.0. The summed E-state index contributed by atoms with van der Waals surface area (Å²) in [5.41, 5.74) is 26.7. The van der Waals surface area contributed by atoms with Crippen molar-refractivity contribution in [1.29, 1.82) is 0 Å². The first-order chi connectivity index (χ1) is 38.7. The monoisotopic (exact) mass is 986 g/mol. The number of allylic oxidation sites excluding steroid dienone is 5. The lowest BCUT2D eigenvalue weighted by Crippen LogP contribution is -1.97. The highest BCUT2D eigenvalue weighted by atomic mass is 14.4. The molecule has 0 saturated heterocycles. The van der Waals surface area contributed by atoms with Crippen LogP contribution in [0.4, 0.5) is 0 Å². The van der Waals surface area contributed by atoms with Crippen LogP contribution in [0.2, 0.25) is 0 Å². The van der Waals surface area contributed by atoms with E-state index in [9.17, 15) is 0 Å². The molecule has 0 unspecified atom stereocenters. The standard InChI is InChI=1S/C78H50/c1-4-19-57(20-5-1)69-49-71-72(50-70(69)58-21-6-2-7-22-58)77-75(59-23-8-3-9-24-59)74(61-39-30-55(31-40-61)67-44-35-52-17-11-14-26-64(52)47-67)76(62-41-32-56(33-42-62)68-45-36-53-18-12-15-27-65(53)48-68)78(77)73(71)60-37-28-54(29-38-60)66-43-34-51-16-10-13-25-63(51)46-66/h1-50H. The van der Waals surface area contributed by atoms with Crippen LogP contribution >= 0.6 is 0 Å². The van der Waals surface area contributed by atoms with Crippen LogP contribution in [0.3, 0.4) is 0 Å². The summed E-state index contributed by atoms with van der Waals surface area (Å²) in [5, 5.41) is 7.45. The molecule has 2 aliphatic rings. The van der Waals surface area contributed by atoms with Gasteiger partial charge in [0.15, 0.2) is 0 Å². The number of rotatable bonds is 9. The Morgan fingerprint density at radius 2 is 0.372 bits per heavy atom. The van der Waals surface area contributed by atoms with Gasteiger partial charge in [0.1, 0.15) is 0 Å². The largest absolute Gasteiger partial charge is 0.0622 e. The molecule has 0 nitrogen and oxygen atoms in total. The minimum atomic E-state index is 1.18. The molecule has 0 saturated carbocycles. The van der Waals surface area contributed by atoms with Crippen molar-refractivity contribution >= 4 is 60.2 Å². The molecule has 2 aliphatic carbocycles. The van der Waals surface area contributed by atoms with Gasteiger partial charge in [0.2, 0.25) is 0 Å². The lowest BCUT2D eigenvalue weighted by molar-refractivity contribution is 1.51. The third-order valence-electron chi connectivity index (χ3n) is 16.2. The van der Waals surface area contributed by atoms with Crippen LogP contribution in [0.5, 0.6) is 0 Å². The van der Waals surface area contributed by atoms with Gasteiger partial charge in [-0.2, -0.15) is 0 Å². The highest BCUT2D eigenvalue weighted by molar-refractivity contribution is 6.39. The third kappa shape index (κ3) is 7.85. The van der Waals surface area contributed by atoms with Gasteiger partial charge in [0, 0.05) is 0 Å². The van der Waals surface area contributed by atoms with E-state index < -0.39 is 0 Å². The zero-order chi connectivity index (χ0) is 51.5. The van der Waals surface area contributed by atoms with E-state index in [0.29, 0.717) is 0 Å². The zero-order valence-electron chi connectivity index (χ0n) is 42.9. The van der Waals surface area contributed by atoms with Gasteiger partial charge in [-0.3, -0.25) is 0 Å². The van der Waals surface area contributed by atoms with Gasteiger partial charge >= 0.3 is 0 Å². The molecule has 13 aromatic carbocycles. The Labute approximate surface area is 455 Å². The van der Waals surface area contributed by atoms with Crippen molar-refractivity contribution in [3.63, 3.8) is 0 Å². The summed E-state index contributed by atoms with van der Waals surface area (Å²) in [5.74, 6) is 0. The maximum atomic E-state index is 2.51. The van der Waals surface area contributed by atoms with E-state index in [1.807, 2.05) is 0 Å². The van der Waals surface area contributed by atoms with E-state index in [2.05, 4.69) is 303 Å². The average Bonchev–Trinajstić information content (AvgIpc) is 3.94. The lowest BCUT2D eigenvalue weighted by Gasteiger charge is -2.19. The molecule has 362 valence electrons. The Bertz CT molecular complexity index is 4570. The SMILES string of the molecule is c1ccc(C2=C3C(=C(c4ccc(-c5ccc6ccccc6c5)cc4)c4cc(-c5ccccc5)c(-c5ccccc5)cc43)C(c3ccc(-c4ccc5ccccc5c4)cc3)=C2c2ccc(-c3ccc4ccccc4c3)cc2)cc1. The second kappa shape index (κ2) is 18.9. The number of fused-ring (bicyclic) bond motifs is 6. The summed E-state index contributed by atoms with van der Waals surface area (Å²) in [6, 6.07) is 113. The average molecular weight is 987 g/mol. The molecule has 0 bridgehead atoms. The molecule has 0 spiro atoms. The Kier molecular flexibility index (Phi) is 11.0. The first-order valence-corrected chi connectivity index (χ1v) is 27.0. The van der Waals surface area contributed by atoms with Crippen LogP contribution in [-0.2, 0) is 0 Å². The molecule has 0 heterocycles. The summed E-state index contributed by atoms with van der Waals surface area (Å²) in [6.45, 7) is 0. The lowest BCUT2D eigenvalue weighted by atomic mass is 9.84. The fourth-order valence-corrected chi connectivity index (χ4v) is 12.4. The second-order valence-corrected chi connectivity index (χ2v) is 20.7. The fraction of sp³-hybridized carbons (Fsp3) is 0. The quantitative estimate of drug-likeness (QED) is 0.135. The van der Waals surface area contributed by atoms with Crippen LogP contribution in [0, 0.1) is 0 Å². The van der Waals surface area contributed by atoms with Gasteiger partial charge in [-0.1, -0.05) is 273 Å². The van der Waals surface area contributed by atoms with E-state index in [0.717, 1.165) is 0 Å². The molecular weight excluding hydrogens is 937 g/mol. The minimum absolute atomic E-state index is 1.18. The molecule has 0 radical (unpaired) electrons. The smallest absolute Gasteiger partial charge is 0.000137 e. The van der Waals surface area contributed by atoms with E-state index in [1.165, 1.54) is 155 Å². The summed E-state index contributed by atoms with van der Waals surface area (Å²) in [4.78, 5) is 0. The Hall–Kier alpha value is -10.1. The second-order valence-electron chi connectivity index (χ2n) is 20.7. The molecule has 0 atom stereocenters. The van der Waals surface area contributed by atoms with Crippen LogP contribution in [0.15, 0.2) is 309 Å². The molecule has 0 aliphatic heterocycles. The topological polar surface area (TPSA) is 0 Å². The van der Waals surface area contributed by atoms with Gasteiger partial charge in [-0.05, 0) is 185 Å². The van der Waals surface area contributed by atoms with Crippen molar-refractivity contribution in [2.45, 2.75) is 0 Å². The molecule has 0 fully saturated rings. The van der Waals surface area contributed by atoms with Crippen LogP contribution in [-0.4, -0.2) is 0 Å². The zero-order valence-corrected chi connectivity index (χ0v) is 42.9. The molecule has 0 N–H and O–H groups in total. The maximum Gasteiger partial charge on any atom is -0.000137 e. The van der Waals surface area contributed by atoms with Crippen LogP contribution in [0.1, 0.15) is 33.4 Å². The fourth-order valence-electron chi connectivity index (χ4n) is 12.4. The molecule has 15 rings (SSSR count). The van der Waals surface area contributed by atoms with Crippen LogP contribution in [0.25, 0.3) is 116 Å². The minimum Gasteiger partial charge on any atom is -0.0622 e. The van der Waals surface area contributed by atoms with Crippen molar-refractivity contribution < 1.29 is 0 Å². The summed E-state index contributed by atoms with van der Waals surface area (Å²) < 4.78 is 0. The molecule has 0 heteroatoms. The molecule has 0 amide bonds. The highest BCUT2D eigenvalue weighted by Gasteiger charge is 2.41. The summed E-state index contributed by atoms with van der Waals surface area (Å²) >= 11 is 0. The van der Waals surface area contributed by atoms with Gasteiger partial charge in [-0.15, -0.1) is 0 Å². The van der Waals surface area contributed by atoms with E-state index >= 15 is 0 Å². The Morgan fingerprint density at radius 1 is 0.115 bits per heavy atom. The van der Waals surface area contributed by atoms with Crippen molar-refractivity contribution in [2.24, 2.45) is 0 Å². The molecule has 13 aromatic rings. The third-order valence-corrected chi connectivity index (χ3v) is 16.2. The molecular formula is C78H50. The van der Waals surface area contributed by atoms with Crippen molar-refractivity contribution in [3.8, 4) is 55.6 Å². The highest BCUT2D eigenvalue weighted by Crippen LogP contribution is 2.62. The number of benzene rings is 13. The molecule has 0 aromatic heterocycles. The van der Waals surface area contributed by atoms with Gasteiger partial charge in [-0.25, -0.2) is 0 Å². The van der Waals surface area contributed by atoms with E-state index in [-0.39, 0.29) is 0 Å². The van der Waals surface area contributed by atoms with Crippen molar-refractivity contribution in [3.05, 3.63) is 342 Å². The summed E-state index contributed by atoms with van der Waals surface area (Å²) in [6.07, 6.45) is 0. The number of hydrogen-bond donors (Lipinski definition) is 0. The van der Waals surface area contributed by atoms with Crippen molar-refractivity contribution in [2.75, 3.05) is 0 Å². The predicted molar refractivity (Wildman–Crippen MR) is 332 cm³/mol. The van der Waals surface area contributed by atoms with E-state index in [4.69, 9.17) is 0 Å². The maximum absolute atomic E-state index is 2.51. The predicted octanol–water partition coefficient (Wildman–Crippen LogP) is 20.8. The summed E-state index contributed by atoms with van der Waals surface area (Å²) in [7, 11) is 0. The molecule has 78 heavy (non-hydrogen) atoms. The van der Waals surface area contributed by atoms with Gasteiger partial charge in [0.05, 0.1) is 0 Å². The Morgan fingerprint density at radius 3 is 0.756 bits per heavy atom. The van der Waals surface area contributed by atoms with Gasteiger partial charge < -0.3 is 0 Å². The normalized spacial score (nSPS) is 13.0. The van der Waals surface area contributed by atoms with Crippen molar-refractivity contribution in [1.82, 2.24) is 0 Å². The van der Waals surface area contributed by atoms with Gasteiger partial charge in [0.25, 0.3) is 0 Å². The number of hydrogen-bond acceptors (Lipinski definition) is 0. The Balaban J connectivity index is 1.01. The van der Waals surface area contributed by atoms with Crippen LogP contribution < -0.4 is 0 Å². The first kappa shape index (κ1) is 45.3. The van der Waals surface area contributed by atoms with E-state index in [1.54, 1.807) is 0 Å².